The van der Waals surface area contributed by atoms with E-state index in [0.29, 0.717) is 12.1 Å². The minimum absolute atomic E-state index is 0.0440. The maximum absolute atomic E-state index is 5.98. The Morgan fingerprint density at radius 1 is 1.53 bits per heavy atom. The van der Waals surface area contributed by atoms with Crippen LogP contribution in [0.15, 0.2) is 12.3 Å². The zero-order valence-corrected chi connectivity index (χ0v) is 12.6. The highest BCUT2D eigenvalue weighted by atomic mass is 16.5. The number of ether oxygens (including phenoxy) is 1. The van der Waals surface area contributed by atoms with Crippen molar-refractivity contribution in [1.82, 2.24) is 15.1 Å². The molecule has 0 aromatic carbocycles. The molecule has 1 aromatic heterocycles. The van der Waals surface area contributed by atoms with E-state index < -0.39 is 0 Å². The molecule has 1 aliphatic heterocycles. The van der Waals surface area contributed by atoms with E-state index in [0.717, 1.165) is 31.7 Å². The first kappa shape index (κ1) is 14.5. The molecular weight excluding hydrogens is 238 g/mol. The van der Waals surface area contributed by atoms with Gasteiger partial charge in [0.05, 0.1) is 11.3 Å². The summed E-state index contributed by atoms with van der Waals surface area (Å²) in [5.41, 5.74) is 1.11. The van der Waals surface area contributed by atoms with E-state index in [9.17, 15) is 0 Å². The van der Waals surface area contributed by atoms with Gasteiger partial charge in [0.25, 0.3) is 0 Å². The van der Waals surface area contributed by atoms with Crippen molar-refractivity contribution < 1.29 is 4.74 Å². The molecule has 2 atom stereocenters. The zero-order chi connectivity index (χ0) is 13.9. The predicted octanol–water partition coefficient (Wildman–Crippen LogP) is 2.55. The van der Waals surface area contributed by atoms with Crippen molar-refractivity contribution in [3.8, 4) is 0 Å². The number of hydrogen-bond donors (Lipinski definition) is 1. The van der Waals surface area contributed by atoms with Crippen LogP contribution in [0.1, 0.15) is 52.3 Å². The molecular formula is C15H27N3O. The van der Waals surface area contributed by atoms with E-state index in [-0.39, 0.29) is 5.60 Å². The summed E-state index contributed by atoms with van der Waals surface area (Å²) in [4.78, 5) is 0. The van der Waals surface area contributed by atoms with Crippen molar-refractivity contribution in [3.63, 3.8) is 0 Å². The summed E-state index contributed by atoms with van der Waals surface area (Å²) in [6.45, 7) is 10.5. The molecule has 0 amide bonds. The van der Waals surface area contributed by atoms with Gasteiger partial charge in [0.15, 0.2) is 0 Å². The lowest BCUT2D eigenvalue weighted by atomic mass is 9.89. The minimum atomic E-state index is -0.0440. The van der Waals surface area contributed by atoms with Gasteiger partial charge in [-0.1, -0.05) is 6.92 Å². The normalized spacial score (nSPS) is 25.1. The predicted molar refractivity (Wildman–Crippen MR) is 77.4 cm³/mol. The third-order valence-electron chi connectivity index (χ3n) is 4.04. The van der Waals surface area contributed by atoms with Crippen molar-refractivity contribution in [2.45, 2.75) is 64.6 Å². The number of nitrogens with one attached hydrogen (secondary N) is 1. The fourth-order valence-corrected chi connectivity index (χ4v) is 2.81. The van der Waals surface area contributed by atoms with Crippen LogP contribution < -0.4 is 5.32 Å². The van der Waals surface area contributed by atoms with Crippen LogP contribution in [0.3, 0.4) is 0 Å². The van der Waals surface area contributed by atoms with E-state index in [1.165, 1.54) is 6.42 Å². The first-order chi connectivity index (χ1) is 9.05. The van der Waals surface area contributed by atoms with Crippen LogP contribution in [0, 0.1) is 0 Å². The van der Waals surface area contributed by atoms with Crippen LogP contribution in [-0.2, 0) is 11.2 Å². The van der Waals surface area contributed by atoms with Crippen LogP contribution in [0.5, 0.6) is 0 Å². The Bertz CT molecular complexity index is 394. The van der Waals surface area contributed by atoms with Gasteiger partial charge in [0.2, 0.25) is 0 Å². The summed E-state index contributed by atoms with van der Waals surface area (Å²) < 4.78 is 8.01. The Morgan fingerprint density at radius 2 is 2.32 bits per heavy atom. The maximum atomic E-state index is 5.98. The van der Waals surface area contributed by atoms with Crippen LogP contribution in [0.2, 0.25) is 0 Å². The molecule has 0 radical (unpaired) electrons. The van der Waals surface area contributed by atoms with Gasteiger partial charge in [0, 0.05) is 31.3 Å². The minimum Gasteiger partial charge on any atom is -0.374 e. The van der Waals surface area contributed by atoms with Crippen molar-refractivity contribution in [2.24, 2.45) is 0 Å². The SMILES string of the molecule is CCNC(Cc1ccn(C(C)C)n1)C1(C)CCCO1. The molecule has 1 N–H and O–H groups in total. The van der Waals surface area contributed by atoms with Gasteiger partial charge in [-0.05, 0) is 46.2 Å². The van der Waals surface area contributed by atoms with Gasteiger partial charge < -0.3 is 10.1 Å². The first-order valence-corrected chi connectivity index (χ1v) is 7.46. The molecule has 1 saturated heterocycles. The molecule has 4 heteroatoms. The Kier molecular flexibility index (Phi) is 4.63. The third kappa shape index (κ3) is 3.37. The Morgan fingerprint density at radius 3 is 2.84 bits per heavy atom. The average Bonchev–Trinajstić information content (AvgIpc) is 2.98. The Balaban J connectivity index is 2.07. The summed E-state index contributed by atoms with van der Waals surface area (Å²) in [6, 6.07) is 2.89. The topological polar surface area (TPSA) is 39.1 Å². The summed E-state index contributed by atoms with van der Waals surface area (Å²) in [5.74, 6) is 0. The van der Waals surface area contributed by atoms with E-state index in [4.69, 9.17) is 4.74 Å². The lowest BCUT2D eigenvalue weighted by Gasteiger charge is -2.33. The molecule has 108 valence electrons. The van der Waals surface area contributed by atoms with Gasteiger partial charge in [-0.3, -0.25) is 4.68 Å². The molecule has 1 aliphatic rings. The van der Waals surface area contributed by atoms with Crippen LogP contribution in [0.25, 0.3) is 0 Å². The fourth-order valence-electron chi connectivity index (χ4n) is 2.81. The summed E-state index contributed by atoms with van der Waals surface area (Å²) in [6.07, 6.45) is 5.30. The molecule has 4 nitrogen and oxygen atoms in total. The zero-order valence-electron chi connectivity index (χ0n) is 12.6. The molecule has 0 aliphatic carbocycles. The number of likely N-dealkylation sites (N-methyl/N-ethyl adjacent to an activating group) is 1. The highest BCUT2D eigenvalue weighted by Gasteiger charge is 2.38. The largest absolute Gasteiger partial charge is 0.374 e. The smallest absolute Gasteiger partial charge is 0.0811 e. The van der Waals surface area contributed by atoms with Crippen molar-refractivity contribution in [1.29, 1.82) is 0 Å². The molecule has 0 spiro atoms. The highest BCUT2D eigenvalue weighted by molar-refractivity contribution is 5.06. The highest BCUT2D eigenvalue weighted by Crippen LogP contribution is 2.30. The van der Waals surface area contributed by atoms with E-state index >= 15 is 0 Å². The van der Waals surface area contributed by atoms with Crippen LogP contribution in [-0.4, -0.2) is 34.6 Å². The van der Waals surface area contributed by atoms with Crippen molar-refractivity contribution >= 4 is 0 Å². The standard InChI is InChI=1S/C15H27N3O/c1-5-16-14(15(4)8-6-10-19-15)11-13-7-9-18(17-13)12(2)3/h7,9,12,14,16H,5-6,8,10-11H2,1-4H3. The molecule has 1 fully saturated rings. The fraction of sp³-hybridized carbons (Fsp3) is 0.800. The van der Waals surface area contributed by atoms with Crippen LogP contribution >= 0.6 is 0 Å². The van der Waals surface area contributed by atoms with E-state index in [1.54, 1.807) is 0 Å². The van der Waals surface area contributed by atoms with Crippen molar-refractivity contribution in [3.05, 3.63) is 18.0 Å². The second kappa shape index (κ2) is 6.06. The summed E-state index contributed by atoms with van der Waals surface area (Å²) in [7, 11) is 0. The van der Waals surface area contributed by atoms with Gasteiger partial charge in [-0.15, -0.1) is 0 Å². The summed E-state index contributed by atoms with van der Waals surface area (Å²) >= 11 is 0. The van der Waals surface area contributed by atoms with Crippen LogP contribution in [0.4, 0.5) is 0 Å². The monoisotopic (exact) mass is 265 g/mol. The van der Waals surface area contributed by atoms with Gasteiger partial charge in [-0.25, -0.2) is 0 Å². The molecule has 1 aromatic rings. The van der Waals surface area contributed by atoms with E-state index in [1.807, 2.05) is 4.68 Å². The van der Waals surface area contributed by atoms with Gasteiger partial charge in [-0.2, -0.15) is 5.10 Å². The maximum Gasteiger partial charge on any atom is 0.0811 e. The molecule has 2 heterocycles. The Labute approximate surface area is 116 Å². The number of hydrogen-bond acceptors (Lipinski definition) is 3. The molecule has 19 heavy (non-hydrogen) atoms. The molecule has 2 rings (SSSR count). The Hall–Kier alpha value is -0.870. The summed E-state index contributed by atoms with van der Waals surface area (Å²) in [5, 5.41) is 8.23. The van der Waals surface area contributed by atoms with Gasteiger partial charge >= 0.3 is 0 Å². The number of nitrogens with zero attached hydrogens (tertiary/aromatic N) is 2. The molecule has 0 bridgehead atoms. The van der Waals surface area contributed by atoms with E-state index in [2.05, 4.69) is 50.4 Å². The second-order valence-electron chi connectivity index (χ2n) is 5.96. The van der Waals surface area contributed by atoms with Gasteiger partial charge in [0.1, 0.15) is 0 Å². The second-order valence-corrected chi connectivity index (χ2v) is 5.96. The lowest BCUT2D eigenvalue weighted by molar-refractivity contribution is -0.0113. The molecule has 0 saturated carbocycles. The third-order valence-corrected chi connectivity index (χ3v) is 4.04. The molecule has 2 unspecified atom stereocenters. The number of rotatable bonds is 6. The number of aromatic nitrogens is 2. The average molecular weight is 265 g/mol. The first-order valence-electron chi connectivity index (χ1n) is 7.46. The van der Waals surface area contributed by atoms with Crippen molar-refractivity contribution in [2.75, 3.05) is 13.2 Å². The quantitative estimate of drug-likeness (QED) is 0.859. The lowest BCUT2D eigenvalue weighted by Crippen LogP contribution is -2.49.